The van der Waals surface area contributed by atoms with Gasteiger partial charge in [0, 0.05) is 44.9 Å². The van der Waals surface area contributed by atoms with Crippen molar-refractivity contribution in [3.05, 3.63) is 41.2 Å². The summed E-state index contributed by atoms with van der Waals surface area (Å²) in [6.07, 6.45) is 2.64. The molecule has 0 radical (unpaired) electrons. The van der Waals surface area contributed by atoms with Gasteiger partial charge in [0.1, 0.15) is 30.2 Å². The summed E-state index contributed by atoms with van der Waals surface area (Å²) in [6, 6.07) is 4.23. The van der Waals surface area contributed by atoms with E-state index in [2.05, 4.69) is 37.3 Å². The smallest absolute Gasteiger partial charge is 0.306 e. The highest BCUT2D eigenvalue weighted by Gasteiger charge is 2.60. The number of hydrogen-bond acceptors (Lipinski definition) is 13. The Hall–Kier alpha value is -2.53. The molecule has 13 nitrogen and oxygen atoms in total. The molecule has 2 N–H and O–H groups in total. The van der Waals surface area contributed by atoms with E-state index in [9.17, 15) is 14.3 Å². The molecule has 0 bridgehead atoms. The maximum absolute atomic E-state index is 15.2. The number of rotatable bonds is 11. The van der Waals surface area contributed by atoms with Crippen LogP contribution in [0.5, 0.6) is 0 Å². The van der Waals surface area contributed by atoms with Crippen LogP contribution in [-0.2, 0) is 47.5 Å². The van der Waals surface area contributed by atoms with E-state index in [0.29, 0.717) is 43.4 Å². The van der Waals surface area contributed by atoms with Crippen LogP contribution in [0, 0.1) is 48.2 Å². The molecule has 0 amide bonds. The minimum absolute atomic E-state index is 0.0185. The van der Waals surface area contributed by atoms with Gasteiger partial charge < -0.3 is 53.2 Å². The molecule has 0 aromatic heterocycles. The van der Waals surface area contributed by atoms with Crippen molar-refractivity contribution < 1.29 is 57.0 Å². The summed E-state index contributed by atoms with van der Waals surface area (Å²) in [5, 5.41) is 16.2. The Labute approximate surface area is 368 Å². The second-order valence-electron chi connectivity index (χ2n) is 19.2. The minimum atomic E-state index is -0.917. The Bertz CT molecular complexity index is 1730. The number of nitrogens with one attached hydrogen (secondary N) is 1. The highest BCUT2D eigenvalue weighted by molar-refractivity contribution is 5.99. The molecule has 5 fully saturated rings. The molecule has 2 saturated carbocycles. The van der Waals surface area contributed by atoms with Crippen molar-refractivity contribution in [3.8, 4) is 0 Å². The minimum Gasteiger partial charge on any atom is -0.462 e. The quantitative estimate of drug-likeness (QED) is 0.243. The fourth-order valence-electron chi connectivity index (χ4n) is 12.1. The molecule has 0 spiro atoms. The zero-order valence-electron chi connectivity index (χ0n) is 38.5. The summed E-state index contributed by atoms with van der Waals surface area (Å²) in [5.41, 5.74) is 1.95. The monoisotopic (exact) mass is 873 g/mol. The summed E-state index contributed by atoms with van der Waals surface area (Å²) in [6.45, 7) is 9.87. The number of benzene rings is 1. The van der Waals surface area contributed by atoms with Gasteiger partial charge >= 0.3 is 5.97 Å². The van der Waals surface area contributed by atoms with Crippen molar-refractivity contribution in [1.82, 2.24) is 4.90 Å². The zero-order chi connectivity index (χ0) is 44.6. The predicted octanol–water partition coefficient (Wildman–Crippen LogP) is 6.22. The first kappa shape index (κ1) is 47.4. The molecule has 348 valence electrons. The van der Waals surface area contributed by atoms with Crippen molar-refractivity contribution in [2.45, 2.75) is 172 Å². The number of esters is 1. The average Bonchev–Trinajstić information content (AvgIpc) is 3.83. The first-order chi connectivity index (χ1) is 29.7. The van der Waals surface area contributed by atoms with Crippen LogP contribution < -0.4 is 5.32 Å². The first-order valence-corrected chi connectivity index (χ1v) is 23.2. The highest BCUT2D eigenvalue weighted by Crippen LogP contribution is 2.57. The van der Waals surface area contributed by atoms with E-state index in [0.717, 1.165) is 24.8 Å². The van der Waals surface area contributed by atoms with E-state index in [4.69, 9.17) is 37.9 Å². The number of carbonyl (C=O) groups excluding carboxylic acids is 2. The lowest BCUT2D eigenvalue weighted by molar-refractivity contribution is -0.314. The fraction of sp³-hybridized carbons (Fsp3) is 0.792. The Morgan fingerprint density at radius 1 is 0.903 bits per heavy atom. The molecular formula is C48H73FN2O11. The number of nitrogens with zero attached hydrogens (tertiary/aromatic N) is 1. The standard InChI is InChI=1S/C48H73FN2O11/c1-11-29-13-12-14-38(62-40-18-17-37(51(6)7)26(4)58-40)25(3)43(53)35-22-32-31-20-30(61-48-47(57-10)46(56-9)45(55-8)27(5)59-48)21-34(31)44(54)42(41(32)33(35)23-39(52)60-29)50-36-19-28(49)16-15-24(36)2/h15-16,19,22,25-27,29-34,37-38,40-42,44-48,50,54H,11-14,17-18,20-21,23H2,1-10H3/t25-,26?,27?,29+,30+,31+,32+,33-,34-,37+,38+,40+,41-,42-,44-,45+,46?,47+,48+/m1/s1. The van der Waals surface area contributed by atoms with Crippen LogP contribution in [0.2, 0.25) is 0 Å². The van der Waals surface area contributed by atoms with E-state index in [1.807, 2.05) is 27.7 Å². The first-order valence-electron chi connectivity index (χ1n) is 23.2. The van der Waals surface area contributed by atoms with Crippen molar-refractivity contribution >= 4 is 17.4 Å². The Kier molecular flexibility index (Phi) is 15.6. The molecule has 3 unspecified atom stereocenters. The lowest BCUT2D eigenvalue weighted by Crippen LogP contribution is -2.59. The molecule has 19 atom stereocenters. The topological polar surface area (TPSA) is 143 Å². The molecule has 3 heterocycles. The molecule has 62 heavy (non-hydrogen) atoms. The number of Topliss-reactive ketones (excluding diaryl/α,β-unsaturated/α-hetero) is 1. The SMILES string of the molecule is CC[C@H]1CCC[C@H](O[C@H]2CC[C@H](N(C)C)C(C)O2)[C@@H](C)C(=O)C2=C[C@H]3[C@@H]4C[C@H](O[C@@H]5OC(C)[C@H](OC)C(OC)[C@@H]5OC)C[C@H]4[C@@H](O)[C@H](Nc4cc(F)ccc4C)[C@H]3[C@@H]2CC(=O)O1. The van der Waals surface area contributed by atoms with Crippen LogP contribution in [0.15, 0.2) is 29.8 Å². The maximum atomic E-state index is 15.2. The molecule has 7 rings (SSSR count). The van der Waals surface area contributed by atoms with Gasteiger partial charge in [-0.15, -0.1) is 0 Å². The number of anilines is 1. The molecular weight excluding hydrogens is 800 g/mol. The number of aryl methyl sites for hydroxylation is 1. The van der Waals surface area contributed by atoms with E-state index in [1.165, 1.54) is 12.1 Å². The van der Waals surface area contributed by atoms with Crippen molar-refractivity contribution in [2.24, 2.45) is 35.5 Å². The Balaban J connectivity index is 1.22. The number of aliphatic hydroxyl groups excluding tert-OH is 1. The third-order valence-corrected chi connectivity index (χ3v) is 15.4. The Morgan fingerprint density at radius 3 is 2.31 bits per heavy atom. The van der Waals surface area contributed by atoms with Gasteiger partial charge in [0.15, 0.2) is 18.4 Å². The zero-order valence-corrected chi connectivity index (χ0v) is 38.5. The van der Waals surface area contributed by atoms with Crippen molar-refractivity contribution in [1.29, 1.82) is 0 Å². The summed E-state index contributed by atoms with van der Waals surface area (Å²) < 4.78 is 64.9. The number of carbonyl (C=O) groups is 2. The van der Waals surface area contributed by atoms with Gasteiger partial charge in [-0.2, -0.15) is 0 Å². The number of fused-ring (bicyclic) bond motifs is 5. The van der Waals surface area contributed by atoms with Crippen LogP contribution in [0.25, 0.3) is 0 Å². The second-order valence-corrected chi connectivity index (χ2v) is 19.2. The molecule has 3 aliphatic heterocycles. The van der Waals surface area contributed by atoms with Crippen LogP contribution in [0.1, 0.15) is 91.0 Å². The number of likely N-dealkylation sites (N-methyl/N-ethyl adjacent to an activating group) is 1. The second kappa shape index (κ2) is 20.3. The van der Waals surface area contributed by atoms with Gasteiger partial charge in [-0.25, -0.2) is 4.39 Å². The molecule has 6 aliphatic rings. The van der Waals surface area contributed by atoms with Crippen molar-refractivity contribution in [2.75, 3.05) is 40.7 Å². The fourth-order valence-corrected chi connectivity index (χ4v) is 12.1. The highest BCUT2D eigenvalue weighted by atomic mass is 19.1. The lowest BCUT2D eigenvalue weighted by Gasteiger charge is -2.48. The summed E-state index contributed by atoms with van der Waals surface area (Å²) in [7, 11) is 8.97. The van der Waals surface area contributed by atoms with Crippen molar-refractivity contribution in [3.63, 3.8) is 0 Å². The van der Waals surface area contributed by atoms with E-state index >= 15 is 4.79 Å². The number of methoxy groups -OCH3 is 3. The van der Waals surface area contributed by atoms with Crippen LogP contribution >= 0.6 is 0 Å². The normalized spacial score (nSPS) is 42.9. The molecule has 1 aromatic carbocycles. The van der Waals surface area contributed by atoms with Gasteiger partial charge in [0.25, 0.3) is 0 Å². The average molecular weight is 873 g/mol. The van der Waals surface area contributed by atoms with Crippen LogP contribution in [-0.4, -0.2) is 137 Å². The number of aliphatic hydroxyl groups is 1. The van der Waals surface area contributed by atoms with Crippen LogP contribution in [0.3, 0.4) is 0 Å². The summed E-state index contributed by atoms with van der Waals surface area (Å²) in [5.74, 6) is -2.85. The maximum Gasteiger partial charge on any atom is 0.306 e. The van der Waals surface area contributed by atoms with Gasteiger partial charge in [-0.05, 0) is 133 Å². The number of halogens is 1. The number of allylic oxidation sites excluding steroid dienone is 2. The lowest BCUT2D eigenvalue weighted by atomic mass is 9.62. The van der Waals surface area contributed by atoms with Gasteiger partial charge in [-0.1, -0.05) is 26.0 Å². The number of ketones is 1. The number of cyclic esters (lactones) is 1. The molecule has 1 aromatic rings. The van der Waals surface area contributed by atoms with E-state index in [-0.39, 0.29) is 72.5 Å². The van der Waals surface area contributed by atoms with Gasteiger partial charge in [-0.3, -0.25) is 9.59 Å². The van der Waals surface area contributed by atoms with Crippen LogP contribution in [0.4, 0.5) is 10.1 Å². The Morgan fingerprint density at radius 2 is 1.63 bits per heavy atom. The number of ether oxygens (including phenoxy) is 8. The largest absolute Gasteiger partial charge is 0.462 e. The molecule has 3 aliphatic carbocycles. The molecule has 14 heteroatoms. The third-order valence-electron chi connectivity index (χ3n) is 15.4. The van der Waals surface area contributed by atoms with Gasteiger partial charge in [0.05, 0.1) is 43.0 Å². The summed E-state index contributed by atoms with van der Waals surface area (Å²) in [4.78, 5) is 31.4. The van der Waals surface area contributed by atoms with E-state index < -0.39 is 66.6 Å². The van der Waals surface area contributed by atoms with E-state index in [1.54, 1.807) is 27.4 Å². The third kappa shape index (κ3) is 9.70. The summed E-state index contributed by atoms with van der Waals surface area (Å²) >= 11 is 0. The number of hydrogen-bond donors (Lipinski definition) is 2. The predicted molar refractivity (Wildman–Crippen MR) is 230 cm³/mol. The van der Waals surface area contributed by atoms with Gasteiger partial charge in [0.2, 0.25) is 0 Å². The molecule has 3 saturated heterocycles.